The van der Waals surface area contributed by atoms with Crippen molar-refractivity contribution in [2.45, 2.75) is 25.1 Å². The molecule has 2 heterocycles. The molecule has 0 radical (unpaired) electrons. The average Bonchev–Trinajstić information content (AvgIpc) is 2.96. The SMILES string of the molecule is O=C(c1noc(-c2ccc(C(F)(F)F)cc2)c1Cl)N1CCC(O)CC1. The number of rotatable bonds is 2. The van der Waals surface area contributed by atoms with Crippen molar-refractivity contribution >= 4 is 17.5 Å². The molecule has 2 aromatic rings. The van der Waals surface area contributed by atoms with Gasteiger partial charge in [-0.15, -0.1) is 0 Å². The molecule has 0 bridgehead atoms. The smallest absolute Gasteiger partial charge is 0.393 e. The number of piperidine rings is 1. The monoisotopic (exact) mass is 374 g/mol. The minimum Gasteiger partial charge on any atom is -0.393 e. The van der Waals surface area contributed by atoms with E-state index in [2.05, 4.69) is 5.16 Å². The highest BCUT2D eigenvalue weighted by Crippen LogP contribution is 2.34. The second-order valence-corrected chi connectivity index (χ2v) is 6.15. The number of carbonyl (C=O) groups excluding carboxylic acids is 1. The Morgan fingerprint density at radius 2 is 1.84 bits per heavy atom. The molecule has 1 fully saturated rings. The number of likely N-dealkylation sites (tertiary alicyclic amines) is 1. The highest BCUT2D eigenvalue weighted by Gasteiger charge is 2.31. The van der Waals surface area contributed by atoms with Gasteiger partial charge in [0.25, 0.3) is 5.91 Å². The number of carbonyl (C=O) groups is 1. The number of nitrogens with zero attached hydrogens (tertiary/aromatic N) is 2. The molecule has 5 nitrogen and oxygen atoms in total. The fourth-order valence-corrected chi connectivity index (χ4v) is 2.88. The summed E-state index contributed by atoms with van der Waals surface area (Å²) in [6.07, 6.45) is -3.94. The molecular formula is C16H14ClF3N2O3. The maximum absolute atomic E-state index is 12.6. The van der Waals surface area contributed by atoms with E-state index in [1.165, 1.54) is 17.0 Å². The predicted molar refractivity (Wildman–Crippen MR) is 83.1 cm³/mol. The van der Waals surface area contributed by atoms with E-state index in [0.717, 1.165) is 12.1 Å². The maximum atomic E-state index is 12.6. The first-order chi connectivity index (χ1) is 11.8. The van der Waals surface area contributed by atoms with E-state index in [-0.39, 0.29) is 16.5 Å². The Morgan fingerprint density at radius 3 is 2.40 bits per heavy atom. The molecule has 0 atom stereocenters. The number of amides is 1. The van der Waals surface area contributed by atoms with Gasteiger partial charge in [-0.25, -0.2) is 0 Å². The van der Waals surface area contributed by atoms with Crippen LogP contribution in [0.1, 0.15) is 28.9 Å². The average molecular weight is 375 g/mol. The van der Waals surface area contributed by atoms with Crippen LogP contribution in [0.25, 0.3) is 11.3 Å². The molecule has 1 aromatic carbocycles. The van der Waals surface area contributed by atoms with E-state index < -0.39 is 23.8 Å². The molecule has 134 valence electrons. The molecule has 0 saturated carbocycles. The topological polar surface area (TPSA) is 66.6 Å². The largest absolute Gasteiger partial charge is 0.416 e. The third kappa shape index (κ3) is 3.64. The second-order valence-electron chi connectivity index (χ2n) is 5.77. The number of alkyl halides is 3. The Balaban J connectivity index is 1.82. The van der Waals surface area contributed by atoms with E-state index in [9.17, 15) is 23.1 Å². The Morgan fingerprint density at radius 1 is 1.24 bits per heavy atom. The van der Waals surface area contributed by atoms with Crippen LogP contribution >= 0.6 is 11.6 Å². The van der Waals surface area contributed by atoms with Gasteiger partial charge in [-0.2, -0.15) is 13.2 Å². The highest BCUT2D eigenvalue weighted by molar-refractivity contribution is 6.35. The number of aliphatic hydroxyl groups is 1. The summed E-state index contributed by atoms with van der Waals surface area (Å²) >= 11 is 6.16. The lowest BCUT2D eigenvalue weighted by Crippen LogP contribution is -2.40. The van der Waals surface area contributed by atoms with E-state index in [0.29, 0.717) is 31.5 Å². The van der Waals surface area contributed by atoms with Crippen molar-refractivity contribution in [3.05, 3.63) is 40.5 Å². The highest BCUT2D eigenvalue weighted by atomic mass is 35.5. The van der Waals surface area contributed by atoms with Gasteiger partial charge in [-0.05, 0) is 25.0 Å². The van der Waals surface area contributed by atoms with Crippen molar-refractivity contribution in [3.8, 4) is 11.3 Å². The van der Waals surface area contributed by atoms with Crippen LogP contribution in [0, 0.1) is 0 Å². The third-order valence-electron chi connectivity index (χ3n) is 4.06. The van der Waals surface area contributed by atoms with Gasteiger partial charge in [-0.3, -0.25) is 4.79 Å². The lowest BCUT2D eigenvalue weighted by molar-refractivity contribution is -0.137. The van der Waals surface area contributed by atoms with Crippen LogP contribution in [0.4, 0.5) is 13.2 Å². The van der Waals surface area contributed by atoms with E-state index >= 15 is 0 Å². The van der Waals surface area contributed by atoms with Crippen LogP contribution in [0.2, 0.25) is 5.02 Å². The summed E-state index contributed by atoms with van der Waals surface area (Å²) in [5.74, 6) is -0.394. The normalized spacial score (nSPS) is 16.3. The zero-order valence-electron chi connectivity index (χ0n) is 12.9. The van der Waals surface area contributed by atoms with Gasteiger partial charge in [-0.1, -0.05) is 28.9 Å². The van der Waals surface area contributed by atoms with Gasteiger partial charge in [0.05, 0.1) is 11.7 Å². The first-order valence-corrected chi connectivity index (χ1v) is 7.95. The van der Waals surface area contributed by atoms with Crippen LogP contribution in [0.15, 0.2) is 28.8 Å². The number of halogens is 4. The number of hydrogen-bond acceptors (Lipinski definition) is 4. The van der Waals surface area contributed by atoms with Crippen LogP contribution < -0.4 is 0 Å². The molecule has 1 aromatic heterocycles. The molecule has 1 N–H and O–H groups in total. The van der Waals surface area contributed by atoms with Crippen molar-refractivity contribution in [2.24, 2.45) is 0 Å². The number of benzene rings is 1. The Bertz CT molecular complexity index is 766. The first kappa shape index (κ1) is 17.8. The van der Waals surface area contributed by atoms with Crippen LogP contribution in [0.3, 0.4) is 0 Å². The molecule has 0 spiro atoms. The molecule has 1 saturated heterocycles. The van der Waals surface area contributed by atoms with Crippen LogP contribution in [-0.4, -0.2) is 40.3 Å². The lowest BCUT2D eigenvalue weighted by Gasteiger charge is -2.28. The fraction of sp³-hybridized carbons (Fsp3) is 0.375. The van der Waals surface area contributed by atoms with Gasteiger partial charge >= 0.3 is 6.18 Å². The van der Waals surface area contributed by atoms with E-state index in [1.54, 1.807) is 0 Å². The molecule has 1 amide bonds. The van der Waals surface area contributed by atoms with E-state index in [4.69, 9.17) is 16.1 Å². The summed E-state index contributed by atoms with van der Waals surface area (Å²) in [6.45, 7) is 0.748. The minimum atomic E-state index is -4.44. The van der Waals surface area contributed by atoms with E-state index in [1.807, 2.05) is 0 Å². The van der Waals surface area contributed by atoms with Crippen molar-refractivity contribution in [1.29, 1.82) is 0 Å². The van der Waals surface area contributed by atoms with Gasteiger partial charge in [0.15, 0.2) is 11.5 Å². The molecular weight excluding hydrogens is 361 g/mol. The lowest BCUT2D eigenvalue weighted by atomic mass is 10.1. The Labute approximate surface area is 146 Å². The van der Waals surface area contributed by atoms with Gasteiger partial charge in [0.1, 0.15) is 5.02 Å². The predicted octanol–water partition coefficient (Wildman–Crippen LogP) is 3.61. The summed E-state index contributed by atoms with van der Waals surface area (Å²) in [4.78, 5) is 14.0. The zero-order chi connectivity index (χ0) is 18.2. The van der Waals surface area contributed by atoms with Crippen molar-refractivity contribution in [3.63, 3.8) is 0 Å². The van der Waals surface area contributed by atoms with Gasteiger partial charge < -0.3 is 14.5 Å². The number of hydrogen-bond donors (Lipinski definition) is 1. The molecule has 9 heteroatoms. The third-order valence-corrected chi connectivity index (χ3v) is 4.41. The molecule has 0 aliphatic carbocycles. The van der Waals surface area contributed by atoms with Gasteiger partial charge in [0.2, 0.25) is 0 Å². The summed E-state index contributed by atoms with van der Waals surface area (Å²) in [7, 11) is 0. The number of aliphatic hydroxyl groups excluding tert-OH is 1. The molecule has 3 rings (SSSR count). The standard InChI is InChI=1S/C16H14ClF3N2O3/c17-12-13(15(24)22-7-5-11(23)6-8-22)21-25-14(12)9-1-3-10(4-2-9)16(18,19)20/h1-4,11,23H,5-8H2. The molecule has 1 aliphatic heterocycles. The second kappa shape index (κ2) is 6.68. The van der Waals surface area contributed by atoms with Crippen molar-refractivity contribution in [1.82, 2.24) is 10.1 Å². The quantitative estimate of drug-likeness (QED) is 0.872. The summed E-state index contributed by atoms with van der Waals surface area (Å²) < 4.78 is 42.9. The molecule has 0 unspecified atom stereocenters. The summed E-state index contributed by atoms with van der Waals surface area (Å²) in [6, 6.07) is 4.23. The molecule has 25 heavy (non-hydrogen) atoms. The summed E-state index contributed by atoms with van der Waals surface area (Å²) in [5, 5.41) is 13.1. The maximum Gasteiger partial charge on any atom is 0.416 e. The first-order valence-electron chi connectivity index (χ1n) is 7.57. The minimum absolute atomic E-state index is 0.0378. The van der Waals surface area contributed by atoms with Crippen LogP contribution in [0.5, 0.6) is 0 Å². The Kier molecular flexibility index (Phi) is 4.75. The van der Waals surface area contributed by atoms with Crippen molar-refractivity contribution in [2.75, 3.05) is 13.1 Å². The zero-order valence-corrected chi connectivity index (χ0v) is 13.6. The van der Waals surface area contributed by atoms with Gasteiger partial charge in [0, 0.05) is 18.7 Å². The Hall–Kier alpha value is -2.06. The summed E-state index contributed by atoms with van der Waals surface area (Å²) in [5.41, 5.74) is -0.596. The van der Waals surface area contributed by atoms with Crippen molar-refractivity contribution < 1.29 is 27.6 Å². The number of aromatic nitrogens is 1. The molecule has 1 aliphatic rings. The fourth-order valence-electron chi connectivity index (χ4n) is 2.62. The van der Waals surface area contributed by atoms with Crippen LogP contribution in [-0.2, 0) is 6.18 Å².